The minimum atomic E-state index is -0.555. The van der Waals surface area contributed by atoms with Gasteiger partial charge in [-0.05, 0) is 35.9 Å². The van der Waals surface area contributed by atoms with E-state index in [4.69, 9.17) is 0 Å². The van der Waals surface area contributed by atoms with E-state index >= 15 is 0 Å². The Morgan fingerprint density at radius 2 is 1.88 bits per heavy atom. The zero-order valence-corrected chi connectivity index (χ0v) is 15.4. The van der Waals surface area contributed by atoms with Gasteiger partial charge in [0.05, 0.1) is 12.2 Å². The van der Waals surface area contributed by atoms with Crippen molar-refractivity contribution in [2.24, 2.45) is 0 Å². The fraction of sp³-hybridized carbons (Fsp3) is 0.111. The zero-order chi connectivity index (χ0) is 18.7. The number of benzene rings is 2. The molecule has 0 aliphatic rings. The normalized spacial score (nSPS) is 10.5. The Morgan fingerprint density at radius 3 is 2.58 bits per heavy atom. The Morgan fingerprint density at radius 1 is 1.15 bits per heavy atom. The monoisotopic (exact) mass is 414 g/mol. The van der Waals surface area contributed by atoms with Gasteiger partial charge in [-0.15, -0.1) is 0 Å². The van der Waals surface area contributed by atoms with Gasteiger partial charge >= 0.3 is 5.69 Å². The molecule has 3 rings (SSSR count). The van der Waals surface area contributed by atoms with Crippen molar-refractivity contribution >= 4 is 27.5 Å². The molecule has 1 aromatic heterocycles. The van der Waals surface area contributed by atoms with Gasteiger partial charge in [0, 0.05) is 17.1 Å². The molecule has 0 saturated heterocycles. The van der Waals surface area contributed by atoms with Crippen LogP contribution in [0.5, 0.6) is 0 Å². The molecule has 0 aliphatic heterocycles. The number of anilines is 1. The van der Waals surface area contributed by atoms with Crippen LogP contribution >= 0.6 is 15.9 Å². The molecule has 0 spiro atoms. The summed E-state index contributed by atoms with van der Waals surface area (Å²) < 4.78 is 3.16. The first-order valence-corrected chi connectivity index (χ1v) is 8.55. The zero-order valence-electron chi connectivity index (χ0n) is 13.8. The first-order valence-electron chi connectivity index (χ1n) is 7.76. The molecule has 0 aliphatic carbocycles. The number of nitrogens with one attached hydrogen (secondary N) is 1. The molecule has 0 atom stereocenters. The maximum atomic E-state index is 12.8. The molecule has 1 amide bonds. The number of aromatic nitrogens is 3. The van der Waals surface area contributed by atoms with Crippen molar-refractivity contribution in [3.8, 4) is 5.69 Å². The quantitative estimate of drug-likeness (QED) is 0.708. The summed E-state index contributed by atoms with van der Waals surface area (Å²) in [5.41, 5.74) is 0.768. The third-order valence-electron chi connectivity index (χ3n) is 3.63. The molecule has 0 fully saturated rings. The standard InChI is InChI=1S/C18H15BrN4O3/c1-12(24)21-15-3-2-4-16(9-15)23-18(26)22(17(25)10-20-23)11-13-5-7-14(19)8-6-13/h2-10H,11H2,1H3,(H,21,24). The molecule has 1 heterocycles. The average molecular weight is 415 g/mol. The summed E-state index contributed by atoms with van der Waals surface area (Å²) in [5.74, 6) is -0.220. The van der Waals surface area contributed by atoms with Crippen molar-refractivity contribution in [2.45, 2.75) is 13.5 Å². The lowest BCUT2D eigenvalue weighted by molar-refractivity contribution is -0.114. The lowest BCUT2D eigenvalue weighted by atomic mass is 10.2. The number of carbonyl (C=O) groups excluding carboxylic acids is 1. The topological polar surface area (TPSA) is 86.0 Å². The maximum absolute atomic E-state index is 12.8. The van der Waals surface area contributed by atoms with E-state index in [0.717, 1.165) is 25.5 Å². The second-order valence-electron chi connectivity index (χ2n) is 5.62. The lowest BCUT2D eigenvalue weighted by Gasteiger charge is -2.10. The van der Waals surface area contributed by atoms with Crippen molar-refractivity contribution in [2.75, 3.05) is 5.32 Å². The smallest absolute Gasteiger partial charge is 0.326 e. The molecule has 26 heavy (non-hydrogen) atoms. The third kappa shape index (κ3) is 3.97. The molecule has 132 valence electrons. The van der Waals surface area contributed by atoms with Crippen LogP contribution in [0, 0.1) is 0 Å². The molecule has 0 radical (unpaired) electrons. The van der Waals surface area contributed by atoms with E-state index in [-0.39, 0.29) is 12.5 Å². The highest BCUT2D eigenvalue weighted by atomic mass is 79.9. The highest BCUT2D eigenvalue weighted by molar-refractivity contribution is 9.10. The van der Waals surface area contributed by atoms with Crippen LogP contribution in [0.1, 0.15) is 12.5 Å². The van der Waals surface area contributed by atoms with Crippen LogP contribution in [0.15, 0.2) is 68.8 Å². The second-order valence-corrected chi connectivity index (χ2v) is 6.54. The van der Waals surface area contributed by atoms with Crippen molar-refractivity contribution in [1.29, 1.82) is 0 Å². The van der Waals surface area contributed by atoms with E-state index < -0.39 is 11.2 Å². The van der Waals surface area contributed by atoms with Crippen molar-refractivity contribution in [3.63, 3.8) is 0 Å². The van der Waals surface area contributed by atoms with Gasteiger partial charge in [-0.1, -0.05) is 34.1 Å². The van der Waals surface area contributed by atoms with Crippen LogP contribution in [0.2, 0.25) is 0 Å². The molecule has 1 N–H and O–H groups in total. The number of carbonyl (C=O) groups is 1. The second kappa shape index (κ2) is 7.49. The van der Waals surface area contributed by atoms with E-state index in [9.17, 15) is 14.4 Å². The van der Waals surface area contributed by atoms with Gasteiger partial charge in [-0.3, -0.25) is 14.2 Å². The number of hydrogen-bond acceptors (Lipinski definition) is 4. The van der Waals surface area contributed by atoms with Crippen molar-refractivity contribution < 1.29 is 4.79 Å². The van der Waals surface area contributed by atoms with Crippen LogP contribution < -0.4 is 16.6 Å². The fourth-order valence-corrected chi connectivity index (χ4v) is 2.71. The van der Waals surface area contributed by atoms with Gasteiger partial charge in [-0.2, -0.15) is 9.78 Å². The van der Waals surface area contributed by atoms with Crippen LogP contribution in [0.4, 0.5) is 5.69 Å². The summed E-state index contributed by atoms with van der Waals surface area (Å²) in [7, 11) is 0. The van der Waals surface area contributed by atoms with Gasteiger partial charge in [0.1, 0.15) is 6.20 Å². The molecule has 2 aromatic carbocycles. The number of hydrogen-bond donors (Lipinski definition) is 1. The Bertz CT molecular complexity index is 1070. The molecule has 0 bridgehead atoms. The molecule has 8 heteroatoms. The summed E-state index contributed by atoms with van der Waals surface area (Å²) in [6.07, 6.45) is 1.10. The van der Waals surface area contributed by atoms with Crippen LogP contribution in [0.25, 0.3) is 5.69 Å². The largest absolute Gasteiger partial charge is 0.352 e. The molecule has 0 saturated carbocycles. The highest BCUT2D eigenvalue weighted by Gasteiger charge is 2.10. The molecule has 7 nitrogen and oxygen atoms in total. The summed E-state index contributed by atoms with van der Waals surface area (Å²) in [6.45, 7) is 1.54. The van der Waals surface area contributed by atoms with Crippen molar-refractivity contribution in [1.82, 2.24) is 14.3 Å². The average Bonchev–Trinajstić information content (AvgIpc) is 2.60. The summed E-state index contributed by atoms with van der Waals surface area (Å²) in [5, 5.41) is 6.59. The van der Waals surface area contributed by atoms with Crippen LogP contribution in [0.3, 0.4) is 0 Å². The molecular formula is C18H15BrN4O3. The van der Waals surface area contributed by atoms with Crippen molar-refractivity contribution in [3.05, 3.63) is 85.6 Å². The molecule has 3 aromatic rings. The Hall–Kier alpha value is -3.00. The van der Waals surface area contributed by atoms with Gasteiger partial charge in [-0.25, -0.2) is 4.79 Å². The first kappa shape index (κ1) is 17.8. The number of nitrogens with zero attached hydrogens (tertiary/aromatic N) is 3. The molecule has 0 unspecified atom stereocenters. The third-order valence-corrected chi connectivity index (χ3v) is 4.16. The minimum Gasteiger partial charge on any atom is -0.326 e. The predicted molar refractivity (Wildman–Crippen MR) is 102 cm³/mol. The van der Waals surface area contributed by atoms with Crippen LogP contribution in [-0.2, 0) is 11.3 Å². The maximum Gasteiger partial charge on any atom is 0.352 e. The van der Waals surface area contributed by atoms with E-state index in [0.29, 0.717) is 11.4 Å². The van der Waals surface area contributed by atoms with Gasteiger partial charge < -0.3 is 5.32 Å². The van der Waals surface area contributed by atoms with Gasteiger partial charge in [0.15, 0.2) is 0 Å². The summed E-state index contributed by atoms with van der Waals surface area (Å²) in [6, 6.07) is 14.0. The van der Waals surface area contributed by atoms with E-state index in [1.807, 2.05) is 24.3 Å². The fourth-order valence-electron chi connectivity index (χ4n) is 2.45. The highest BCUT2D eigenvalue weighted by Crippen LogP contribution is 2.13. The number of halogens is 1. The Kier molecular flexibility index (Phi) is 5.13. The summed E-state index contributed by atoms with van der Waals surface area (Å²) >= 11 is 3.35. The van der Waals surface area contributed by atoms with Gasteiger partial charge in [0.2, 0.25) is 5.91 Å². The minimum absolute atomic E-state index is 0.138. The number of rotatable bonds is 4. The summed E-state index contributed by atoms with van der Waals surface area (Å²) in [4.78, 5) is 36.1. The van der Waals surface area contributed by atoms with Gasteiger partial charge in [0.25, 0.3) is 5.56 Å². The predicted octanol–water partition coefficient (Wildman–Crippen LogP) is 2.16. The Balaban J connectivity index is 2.02. The van der Waals surface area contributed by atoms with E-state index in [1.165, 1.54) is 6.92 Å². The number of amides is 1. The van der Waals surface area contributed by atoms with Crippen LogP contribution in [-0.4, -0.2) is 20.3 Å². The van der Waals surface area contributed by atoms with E-state index in [2.05, 4.69) is 26.3 Å². The lowest BCUT2D eigenvalue weighted by Crippen LogP contribution is -2.40. The van der Waals surface area contributed by atoms with E-state index in [1.54, 1.807) is 24.3 Å². The molecular weight excluding hydrogens is 400 g/mol. The Labute approximate surface area is 157 Å². The SMILES string of the molecule is CC(=O)Nc1cccc(-n2ncc(=O)n(Cc3ccc(Br)cc3)c2=O)c1. The first-order chi connectivity index (χ1) is 12.4.